The normalized spacial score (nSPS) is 19.3. The molecule has 3 heterocycles. The minimum Gasteiger partial charge on any atom is -0.441 e. The van der Waals surface area contributed by atoms with Crippen molar-refractivity contribution in [3.8, 4) is 0 Å². The Hall–Kier alpha value is -2.45. The molecule has 2 aliphatic rings. The van der Waals surface area contributed by atoms with Crippen molar-refractivity contribution in [2.75, 3.05) is 31.6 Å². The van der Waals surface area contributed by atoms with Gasteiger partial charge in [0, 0.05) is 33.0 Å². The minimum absolute atomic E-state index is 0.308. The fourth-order valence-electron chi connectivity index (χ4n) is 3.50. The molecule has 1 spiro atoms. The molecule has 1 N–H and O–H groups in total. The van der Waals surface area contributed by atoms with E-state index in [0.29, 0.717) is 49.5 Å². The molecular formula is C18H23F3N4O2. The molecule has 0 saturated carbocycles. The molecule has 2 fully saturated rings. The summed E-state index contributed by atoms with van der Waals surface area (Å²) in [5.74, 6) is 0.543. The highest BCUT2D eigenvalue weighted by molar-refractivity contribution is 5.78. The number of rotatable bonds is 1. The van der Waals surface area contributed by atoms with Gasteiger partial charge in [-0.1, -0.05) is 13.8 Å². The van der Waals surface area contributed by atoms with Crippen LogP contribution in [-0.2, 0) is 10.9 Å². The predicted molar refractivity (Wildman–Crippen MR) is 95.7 cm³/mol. The standard InChI is InChI=1S/C16H17F3N4O2.C2H6/c1-22-9-15(25-14(22)24)4-6-23(7-5-15)13-20-11-3-2-10(16(17,18)19)8-12(11)21-13;1-2/h2-3,8H,4-7,9H2,1H3,(H,20,21);1-2H3. The average molecular weight is 384 g/mol. The lowest BCUT2D eigenvalue weighted by molar-refractivity contribution is -0.137. The molecular weight excluding hydrogens is 361 g/mol. The zero-order chi connectivity index (χ0) is 19.8. The third-order valence-electron chi connectivity index (χ3n) is 4.91. The molecule has 1 aromatic heterocycles. The number of imidazole rings is 1. The van der Waals surface area contributed by atoms with Gasteiger partial charge in [0.15, 0.2) is 0 Å². The number of piperidine rings is 1. The van der Waals surface area contributed by atoms with E-state index >= 15 is 0 Å². The fraction of sp³-hybridized carbons (Fsp3) is 0.556. The molecule has 0 bridgehead atoms. The van der Waals surface area contributed by atoms with Gasteiger partial charge in [-0.15, -0.1) is 0 Å². The Morgan fingerprint density at radius 3 is 2.44 bits per heavy atom. The van der Waals surface area contributed by atoms with Crippen LogP contribution in [0.4, 0.5) is 23.9 Å². The molecule has 1 amide bonds. The topological polar surface area (TPSA) is 61.5 Å². The van der Waals surface area contributed by atoms with Crippen LogP contribution in [0.2, 0.25) is 0 Å². The summed E-state index contributed by atoms with van der Waals surface area (Å²) in [6, 6.07) is 3.48. The number of hydrogen-bond acceptors (Lipinski definition) is 4. The average Bonchev–Trinajstić information content (AvgIpc) is 3.17. The van der Waals surface area contributed by atoms with Crippen molar-refractivity contribution < 1.29 is 22.7 Å². The highest BCUT2D eigenvalue weighted by Crippen LogP contribution is 2.35. The number of aromatic amines is 1. The van der Waals surface area contributed by atoms with E-state index < -0.39 is 17.3 Å². The molecule has 0 unspecified atom stereocenters. The van der Waals surface area contributed by atoms with Crippen molar-refractivity contribution in [2.45, 2.75) is 38.5 Å². The van der Waals surface area contributed by atoms with E-state index in [4.69, 9.17) is 4.74 Å². The molecule has 27 heavy (non-hydrogen) atoms. The monoisotopic (exact) mass is 384 g/mol. The van der Waals surface area contributed by atoms with Gasteiger partial charge in [-0.05, 0) is 18.2 Å². The lowest BCUT2D eigenvalue weighted by Crippen LogP contribution is -2.47. The number of likely N-dealkylation sites (N-methyl/N-ethyl adjacent to an activating group) is 1. The Bertz CT molecular complexity index is 826. The second-order valence-corrected chi connectivity index (χ2v) is 6.68. The summed E-state index contributed by atoms with van der Waals surface area (Å²) in [5.41, 5.74) is -0.307. The number of carbonyl (C=O) groups excluding carboxylic acids is 1. The minimum atomic E-state index is -4.38. The molecule has 1 aromatic carbocycles. The van der Waals surface area contributed by atoms with Gasteiger partial charge in [-0.3, -0.25) is 0 Å². The Kier molecular flexibility index (Phi) is 4.96. The van der Waals surface area contributed by atoms with Gasteiger partial charge in [0.2, 0.25) is 5.95 Å². The molecule has 148 valence electrons. The number of ether oxygens (including phenoxy) is 1. The van der Waals surface area contributed by atoms with Crippen LogP contribution in [0.25, 0.3) is 11.0 Å². The maximum atomic E-state index is 12.8. The van der Waals surface area contributed by atoms with Crippen LogP contribution in [0.1, 0.15) is 32.3 Å². The number of fused-ring (bicyclic) bond motifs is 1. The summed E-state index contributed by atoms with van der Waals surface area (Å²) in [5, 5.41) is 0. The summed E-state index contributed by atoms with van der Waals surface area (Å²) in [4.78, 5) is 22.5. The number of alkyl halides is 3. The van der Waals surface area contributed by atoms with E-state index in [1.165, 1.54) is 6.07 Å². The van der Waals surface area contributed by atoms with E-state index in [-0.39, 0.29) is 6.09 Å². The van der Waals surface area contributed by atoms with Gasteiger partial charge in [0.25, 0.3) is 0 Å². The van der Waals surface area contributed by atoms with E-state index in [9.17, 15) is 18.0 Å². The first kappa shape index (κ1) is 19.3. The first-order chi connectivity index (χ1) is 12.8. The van der Waals surface area contributed by atoms with Crippen molar-refractivity contribution >= 4 is 23.1 Å². The summed E-state index contributed by atoms with van der Waals surface area (Å²) in [6.45, 7) is 5.80. The van der Waals surface area contributed by atoms with Crippen molar-refractivity contribution in [3.05, 3.63) is 23.8 Å². The summed E-state index contributed by atoms with van der Waals surface area (Å²) >= 11 is 0. The molecule has 2 aliphatic heterocycles. The van der Waals surface area contributed by atoms with E-state index in [1.807, 2.05) is 18.7 Å². The first-order valence-corrected chi connectivity index (χ1v) is 9.02. The number of halogens is 3. The highest BCUT2D eigenvalue weighted by Gasteiger charge is 2.46. The van der Waals surface area contributed by atoms with E-state index in [2.05, 4.69) is 9.97 Å². The number of anilines is 1. The van der Waals surface area contributed by atoms with Crippen LogP contribution >= 0.6 is 0 Å². The van der Waals surface area contributed by atoms with Crippen LogP contribution in [0.5, 0.6) is 0 Å². The first-order valence-electron chi connectivity index (χ1n) is 9.02. The number of hydrogen-bond donors (Lipinski definition) is 1. The summed E-state index contributed by atoms with van der Waals surface area (Å²) in [7, 11) is 1.71. The van der Waals surface area contributed by atoms with E-state index in [0.717, 1.165) is 12.1 Å². The Labute approximate surface area is 155 Å². The number of aromatic nitrogens is 2. The van der Waals surface area contributed by atoms with Gasteiger partial charge in [0.05, 0.1) is 23.1 Å². The van der Waals surface area contributed by atoms with Crippen molar-refractivity contribution in [1.82, 2.24) is 14.9 Å². The summed E-state index contributed by atoms with van der Waals surface area (Å²) in [6.07, 6.45) is -3.37. The molecule has 2 aromatic rings. The third-order valence-corrected chi connectivity index (χ3v) is 4.91. The quantitative estimate of drug-likeness (QED) is 0.807. The maximum Gasteiger partial charge on any atom is 0.416 e. The van der Waals surface area contributed by atoms with Gasteiger partial charge >= 0.3 is 12.3 Å². The third kappa shape index (κ3) is 3.68. The molecule has 2 saturated heterocycles. The number of carbonyl (C=O) groups is 1. The van der Waals surface area contributed by atoms with Crippen LogP contribution in [0.15, 0.2) is 18.2 Å². The van der Waals surface area contributed by atoms with Gasteiger partial charge in [-0.25, -0.2) is 9.78 Å². The zero-order valence-corrected chi connectivity index (χ0v) is 15.6. The van der Waals surface area contributed by atoms with Crippen molar-refractivity contribution in [2.24, 2.45) is 0 Å². The maximum absolute atomic E-state index is 12.8. The number of H-pyrrole nitrogens is 1. The molecule has 0 atom stereocenters. The number of nitrogens with one attached hydrogen (secondary N) is 1. The van der Waals surface area contributed by atoms with Crippen LogP contribution in [0, 0.1) is 0 Å². The van der Waals surface area contributed by atoms with Crippen molar-refractivity contribution in [1.29, 1.82) is 0 Å². The molecule has 0 radical (unpaired) electrons. The largest absolute Gasteiger partial charge is 0.441 e. The number of benzene rings is 1. The second-order valence-electron chi connectivity index (χ2n) is 6.68. The smallest absolute Gasteiger partial charge is 0.416 e. The van der Waals surface area contributed by atoms with Gasteiger partial charge in [-0.2, -0.15) is 13.2 Å². The van der Waals surface area contributed by atoms with Crippen LogP contribution < -0.4 is 4.90 Å². The van der Waals surface area contributed by atoms with E-state index in [1.54, 1.807) is 11.9 Å². The number of nitrogens with zero attached hydrogens (tertiary/aromatic N) is 3. The molecule has 6 nitrogen and oxygen atoms in total. The van der Waals surface area contributed by atoms with Crippen LogP contribution in [-0.4, -0.2) is 53.2 Å². The fourth-order valence-corrected chi connectivity index (χ4v) is 3.50. The summed E-state index contributed by atoms with van der Waals surface area (Å²) < 4.78 is 44.0. The van der Waals surface area contributed by atoms with Gasteiger partial charge < -0.3 is 19.5 Å². The molecule has 0 aliphatic carbocycles. The Morgan fingerprint density at radius 1 is 1.22 bits per heavy atom. The second kappa shape index (κ2) is 6.94. The molecule has 9 heteroatoms. The Balaban J connectivity index is 0.00000102. The Morgan fingerprint density at radius 2 is 1.89 bits per heavy atom. The highest BCUT2D eigenvalue weighted by atomic mass is 19.4. The van der Waals surface area contributed by atoms with Crippen molar-refractivity contribution in [3.63, 3.8) is 0 Å². The lowest BCUT2D eigenvalue weighted by atomic mass is 9.91. The zero-order valence-electron chi connectivity index (χ0n) is 15.6. The lowest BCUT2D eigenvalue weighted by Gasteiger charge is -2.37. The number of amides is 1. The SMILES string of the molecule is CC.CN1CC2(CCN(c3nc4ccc(C(F)(F)F)cc4[nH]3)CC2)OC1=O. The predicted octanol–water partition coefficient (Wildman–Crippen LogP) is 4.03. The van der Waals surface area contributed by atoms with Gasteiger partial charge in [0.1, 0.15) is 5.60 Å². The van der Waals surface area contributed by atoms with Crippen LogP contribution in [0.3, 0.4) is 0 Å². The molecule has 4 rings (SSSR count).